The fraction of sp³-hybridized carbons (Fsp3) is 0.929. The molecule has 0 aromatic carbocycles. The van der Waals surface area contributed by atoms with E-state index in [0.29, 0.717) is 11.4 Å². The van der Waals surface area contributed by atoms with E-state index >= 15 is 0 Å². The monoisotopic (exact) mass is 367 g/mol. The first-order valence-electron chi connectivity index (χ1n) is 6.76. The van der Waals surface area contributed by atoms with E-state index in [-0.39, 0.29) is 29.5 Å². The Morgan fingerprint density at radius 2 is 1.78 bits per heavy atom. The maximum absolute atomic E-state index is 5.87. The van der Waals surface area contributed by atoms with Gasteiger partial charge in [0.25, 0.3) is 0 Å². The highest BCUT2D eigenvalue weighted by Gasteiger charge is 2.26. The van der Waals surface area contributed by atoms with E-state index in [4.69, 9.17) is 5.73 Å². The number of halogens is 1. The summed E-state index contributed by atoms with van der Waals surface area (Å²) in [6.45, 7) is 11.9. The standard InChI is InChI=1S/C14H29N3.HI/c1-13(2,3)17-12(15)16-10-11-6-8-14(4,5)9-7-11;/h11H,6-10H2,1-5H3,(H3,15,16,17);1H. The summed E-state index contributed by atoms with van der Waals surface area (Å²) in [6, 6.07) is 0. The van der Waals surface area contributed by atoms with Crippen LogP contribution in [-0.4, -0.2) is 18.0 Å². The number of hydrogen-bond acceptors (Lipinski definition) is 1. The Hall–Kier alpha value is 0. The zero-order valence-corrected chi connectivity index (χ0v) is 14.9. The molecule has 4 heteroatoms. The number of rotatable bonds is 2. The maximum Gasteiger partial charge on any atom is 0.188 e. The number of hydrogen-bond donors (Lipinski definition) is 2. The predicted molar refractivity (Wildman–Crippen MR) is 90.5 cm³/mol. The third kappa shape index (κ3) is 7.44. The molecule has 1 aliphatic rings. The number of guanidine groups is 1. The molecule has 0 bridgehead atoms. The summed E-state index contributed by atoms with van der Waals surface area (Å²) < 4.78 is 0. The van der Waals surface area contributed by atoms with E-state index in [1.165, 1.54) is 25.7 Å². The van der Waals surface area contributed by atoms with Gasteiger partial charge in [0, 0.05) is 12.1 Å². The largest absolute Gasteiger partial charge is 0.370 e. The second-order valence-corrected chi connectivity index (χ2v) is 7.21. The molecule has 1 fully saturated rings. The highest BCUT2D eigenvalue weighted by molar-refractivity contribution is 14.0. The van der Waals surface area contributed by atoms with E-state index < -0.39 is 0 Å². The van der Waals surface area contributed by atoms with Crippen molar-refractivity contribution in [3.05, 3.63) is 0 Å². The molecule has 1 rings (SSSR count). The van der Waals surface area contributed by atoms with Crippen LogP contribution < -0.4 is 11.1 Å². The zero-order chi connectivity index (χ0) is 13.1. The van der Waals surface area contributed by atoms with Crippen LogP contribution in [0.2, 0.25) is 0 Å². The first kappa shape index (κ1) is 18.0. The van der Waals surface area contributed by atoms with E-state index in [1.807, 2.05) is 0 Å². The van der Waals surface area contributed by atoms with Crippen LogP contribution in [0.3, 0.4) is 0 Å². The molecule has 0 atom stereocenters. The Kier molecular flexibility index (Phi) is 6.96. The van der Waals surface area contributed by atoms with Gasteiger partial charge < -0.3 is 11.1 Å². The van der Waals surface area contributed by atoms with Crippen LogP contribution in [0.15, 0.2) is 4.99 Å². The van der Waals surface area contributed by atoms with Crippen LogP contribution in [0.4, 0.5) is 0 Å². The maximum atomic E-state index is 5.87. The van der Waals surface area contributed by atoms with Crippen LogP contribution in [0.5, 0.6) is 0 Å². The Balaban J connectivity index is 0.00000289. The van der Waals surface area contributed by atoms with Gasteiger partial charge in [-0.3, -0.25) is 4.99 Å². The van der Waals surface area contributed by atoms with Gasteiger partial charge in [0.15, 0.2) is 5.96 Å². The van der Waals surface area contributed by atoms with Crippen LogP contribution in [0, 0.1) is 11.3 Å². The molecular formula is C14H30IN3. The van der Waals surface area contributed by atoms with Gasteiger partial charge in [0.2, 0.25) is 0 Å². The minimum absolute atomic E-state index is 0. The number of aliphatic imine (C=N–C) groups is 1. The van der Waals surface area contributed by atoms with Crippen molar-refractivity contribution in [1.82, 2.24) is 5.32 Å². The molecule has 108 valence electrons. The Labute approximate surface area is 129 Å². The Morgan fingerprint density at radius 1 is 1.28 bits per heavy atom. The predicted octanol–water partition coefficient (Wildman–Crippen LogP) is 3.52. The van der Waals surface area contributed by atoms with Crippen LogP contribution >= 0.6 is 24.0 Å². The van der Waals surface area contributed by atoms with Gasteiger partial charge in [-0.1, -0.05) is 13.8 Å². The van der Waals surface area contributed by atoms with Crippen molar-refractivity contribution in [3.63, 3.8) is 0 Å². The van der Waals surface area contributed by atoms with Crippen molar-refractivity contribution in [1.29, 1.82) is 0 Å². The summed E-state index contributed by atoms with van der Waals surface area (Å²) >= 11 is 0. The molecule has 0 amide bonds. The van der Waals surface area contributed by atoms with Crippen LogP contribution in [-0.2, 0) is 0 Å². The van der Waals surface area contributed by atoms with E-state index in [2.05, 4.69) is 44.9 Å². The second-order valence-electron chi connectivity index (χ2n) is 7.21. The van der Waals surface area contributed by atoms with Gasteiger partial charge in [0.1, 0.15) is 0 Å². The van der Waals surface area contributed by atoms with Crippen molar-refractivity contribution >= 4 is 29.9 Å². The summed E-state index contributed by atoms with van der Waals surface area (Å²) in [5.74, 6) is 1.31. The lowest BCUT2D eigenvalue weighted by Crippen LogP contribution is -2.45. The van der Waals surface area contributed by atoms with Crippen LogP contribution in [0.25, 0.3) is 0 Å². The molecule has 18 heavy (non-hydrogen) atoms. The molecule has 0 radical (unpaired) electrons. The molecule has 0 aromatic heterocycles. The number of nitrogens with two attached hydrogens (primary N) is 1. The first-order chi connectivity index (χ1) is 7.68. The lowest BCUT2D eigenvalue weighted by Gasteiger charge is -2.33. The van der Waals surface area contributed by atoms with Gasteiger partial charge >= 0.3 is 0 Å². The first-order valence-corrected chi connectivity index (χ1v) is 6.76. The van der Waals surface area contributed by atoms with Crippen molar-refractivity contribution in [2.75, 3.05) is 6.54 Å². The molecule has 1 saturated carbocycles. The normalized spacial score (nSPS) is 21.3. The minimum atomic E-state index is 0. The van der Waals surface area contributed by atoms with Gasteiger partial charge in [-0.15, -0.1) is 24.0 Å². The number of nitrogens with one attached hydrogen (secondary N) is 1. The summed E-state index contributed by atoms with van der Waals surface area (Å²) in [6.07, 6.45) is 5.22. The third-order valence-electron chi connectivity index (χ3n) is 3.48. The molecule has 1 aliphatic carbocycles. The lowest BCUT2D eigenvalue weighted by molar-refractivity contribution is 0.195. The molecule has 3 nitrogen and oxygen atoms in total. The summed E-state index contributed by atoms with van der Waals surface area (Å²) in [5.41, 5.74) is 6.41. The fourth-order valence-electron chi connectivity index (χ4n) is 2.29. The van der Waals surface area contributed by atoms with Crippen molar-refractivity contribution in [3.8, 4) is 0 Å². The van der Waals surface area contributed by atoms with E-state index in [0.717, 1.165) is 12.5 Å². The highest BCUT2D eigenvalue weighted by Crippen LogP contribution is 2.37. The Bertz CT molecular complexity index is 269. The zero-order valence-electron chi connectivity index (χ0n) is 12.5. The van der Waals surface area contributed by atoms with E-state index in [1.54, 1.807) is 0 Å². The third-order valence-corrected chi connectivity index (χ3v) is 3.48. The quantitative estimate of drug-likeness (QED) is 0.446. The molecule has 0 aliphatic heterocycles. The Morgan fingerprint density at radius 3 is 2.22 bits per heavy atom. The van der Waals surface area contributed by atoms with Crippen molar-refractivity contribution < 1.29 is 0 Å². The SMILES string of the molecule is CC1(C)CCC(CN=C(N)NC(C)(C)C)CC1.I. The fourth-order valence-corrected chi connectivity index (χ4v) is 2.29. The summed E-state index contributed by atoms with van der Waals surface area (Å²) in [4.78, 5) is 4.46. The number of nitrogens with zero attached hydrogens (tertiary/aromatic N) is 1. The molecule has 0 saturated heterocycles. The molecule has 0 spiro atoms. The highest BCUT2D eigenvalue weighted by atomic mass is 127. The van der Waals surface area contributed by atoms with Crippen molar-refractivity contribution in [2.24, 2.45) is 22.1 Å². The van der Waals surface area contributed by atoms with Crippen molar-refractivity contribution in [2.45, 2.75) is 65.8 Å². The summed E-state index contributed by atoms with van der Waals surface area (Å²) in [5, 5.41) is 3.20. The molecule has 3 N–H and O–H groups in total. The van der Waals surface area contributed by atoms with E-state index in [9.17, 15) is 0 Å². The average molecular weight is 367 g/mol. The smallest absolute Gasteiger partial charge is 0.188 e. The van der Waals surface area contributed by atoms with Gasteiger partial charge in [0.05, 0.1) is 0 Å². The topological polar surface area (TPSA) is 50.4 Å². The molecule has 0 heterocycles. The minimum Gasteiger partial charge on any atom is -0.370 e. The van der Waals surface area contributed by atoms with Gasteiger partial charge in [-0.05, 0) is 57.8 Å². The lowest BCUT2D eigenvalue weighted by atomic mass is 9.73. The average Bonchev–Trinajstić information content (AvgIpc) is 2.13. The molecule has 0 unspecified atom stereocenters. The second kappa shape index (κ2) is 6.96. The molecule has 0 aromatic rings. The van der Waals surface area contributed by atoms with Crippen LogP contribution in [0.1, 0.15) is 60.3 Å². The summed E-state index contributed by atoms with van der Waals surface area (Å²) in [7, 11) is 0. The van der Waals surface area contributed by atoms with Gasteiger partial charge in [-0.2, -0.15) is 0 Å². The molecular weight excluding hydrogens is 337 g/mol. The van der Waals surface area contributed by atoms with Gasteiger partial charge in [-0.25, -0.2) is 0 Å².